The van der Waals surface area contributed by atoms with Crippen molar-refractivity contribution in [3.63, 3.8) is 0 Å². The Labute approximate surface area is 157 Å². The summed E-state index contributed by atoms with van der Waals surface area (Å²) >= 11 is 1.31. The lowest BCUT2D eigenvalue weighted by atomic mass is 10.1. The predicted molar refractivity (Wildman–Crippen MR) is 103 cm³/mol. The van der Waals surface area contributed by atoms with E-state index in [0.717, 1.165) is 25.7 Å². The average molecular weight is 373 g/mol. The van der Waals surface area contributed by atoms with Crippen LogP contribution in [0.15, 0.2) is 28.2 Å². The summed E-state index contributed by atoms with van der Waals surface area (Å²) in [7, 11) is 1.56. The topological polar surface area (TPSA) is 88.0 Å². The zero-order valence-electron chi connectivity index (χ0n) is 15.3. The van der Waals surface area contributed by atoms with Crippen molar-refractivity contribution in [2.24, 2.45) is 0 Å². The van der Waals surface area contributed by atoms with E-state index in [1.807, 2.05) is 12.3 Å². The monoisotopic (exact) mass is 373 g/mol. The van der Waals surface area contributed by atoms with Crippen LogP contribution in [0.25, 0.3) is 11.3 Å². The van der Waals surface area contributed by atoms with Crippen molar-refractivity contribution in [2.75, 3.05) is 20.0 Å². The van der Waals surface area contributed by atoms with Gasteiger partial charge in [-0.25, -0.2) is 4.98 Å². The van der Waals surface area contributed by atoms with Crippen molar-refractivity contribution in [1.82, 2.24) is 9.97 Å². The number of thioether (sulfide) groups is 1. The Balaban J connectivity index is 2.48. The first-order chi connectivity index (χ1) is 12.7. The molecule has 0 atom stereocenters. The third-order valence-corrected chi connectivity index (χ3v) is 4.48. The summed E-state index contributed by atoms with van der Waals surface area (Å²) in [6.07, 6.45) is 6.14. The van der Waals surface area contributed by atoms with Crippen LogP contribution in [0.5, 0.6) is 11.5 Å². The SMILES string of the molecule is CCCCCCOc1c(OC)cccc1-c1nc(SC)[nH]c(=O)c1C#N. The molecule has 1 aromatic heterocycles. The second kappa shape index (κ2) is 9.88. The zero-order chi connectivity index (χ0) is 18.9. The lowest BCUT2D eigenvalue weighted by Crippen LogP contribution is -2.15. The van der Waals surface area contributed by atoms with Gasteiger partial charge in [-0.15, -0.1) is 0 Å². The van der Waals surface area contributed by atoms with Crippen LogP contribution >= 0.6 is 11.8 Å². The number of aromatic nitrogens is 2. The lowest BCUT2D eigenvalue weighted by molar-refractivity contribution is 0.286. The van der Waals surface area contributed by atoms with Crippen molar-refractivity contribution in [2.45, 2.75) is 37.8 Å². The Morgan fingerprint density at radius 2 is 2.12 bits per heavy atom. The Morgan fingerprint density at radius 3 is 2.77 bits per heavy atom. The van der Waals surface area contributed by atoms with Crippen molar-refractivity contribution in [1.29, 1.82) is 5.26 Å². The van der Waals surface area contributed by atoms with Crippen LogP contribution in [0.2, 0.25) is 0 Å². The van der Waals surface area contributed by atoms with Crippen molar-refractivity contribution in [3.05, 3.63) is 34.1 Å². The van der Waals surface area contributed by atoms with Gasteiger partial charge in [-0.05, 0) is 24.8 Å². The maximum atomic E-state index is 12.2. The standard InChI is InChI=1S/C19H23N3O3S/c1-4-5-6-7-11-25-17-13(9-8-10-15(17)24-2)16-14(12-20)18(23)22-19(21-16)26-3/h8-10H,4-7,11H2,1-3H3,(H,21,22,23). The highest BCUT2D eigenvalue weighted by atomic mass is 32.2. The molecule has 0 fully saturated rings. The molecule has 7 heteroatoms. The van der Waals surface area contributed by atoms with Gasteiger partial charge in [-0.1, -0.05) is 44.0 Å². The number of aromatic amines is 1. The van der Waals surface area contributed by atoms with Gasteiger partial charge >= 0.3 is 0 Å². The molecular weight excluding hydrogens is 350 g/mol. The molecular formula is C19H23N3O3S. The summed E-state index contributed by atoms with van der Waals surface area (Å²) in [4.78, 5) is 19.3. The van der Waals surface area contributed by atoms with E-state index in [0.29, 0.717) is 34.5 Å². The summed E-state index contributed by atoms with van der Waals surface area (Å²) in [5, 5.41) is 9.87. The van der Waals surface area contributed by atoms with Gasteiger partial charge in [0.05, 0.1) is 13.7 Å². The lowest BCUT2D eigenvalue weighted by Gasteiger charge is -2.15. The minimum atomic E-state index is -0.460. The summed E-state index contributed by atoms with van der Waals surface area (Å²) < 4.78 is 11.4. The fourth-order valence-corrected chi connectivity index (χ4v) is 2.94. The van der Waals surface area contributed by atoms with E-state index in [1.54, 1.807) is 25.3 Å². The number of unbranched alkanes of at least 4 members (excludes halogenated alkanes) is 3. The molecule has 1 aromatic carbocycles. The van der Waals surface area contributed by atoms with Crippen LogP contribution < -0.4 is 15.0 Å². The van der Waals surface area contributed by atoms with E-state index in [2.05, 4.69) is 16.9 Å². The molecule has 26 heavy (non-hydrogen) atoms. The first-order valence-electron chi connectivity index (χ1n) is 8.54. The molecule has 6 nitrogen and oxygen atoms in total. The summed E-state index contributed by atoms with van der Waals surface area (Å²) in [6.45, 7) is 2.69. The second-order valence-corrected chi connectivity index (χ2v) is 6.45. The smallest absolute Gasteiger partial charge is 0.270 e. The molecule has 0 aliphatic rings. The maximum absolute atomic E-state index is 12.2. The number of H-pyrrole nitrogens is 1. The zero-order valence-corrected chi connectivity index (χ0v) is 16.1. The molecule has 1 heterocycles. The van der Waals surface area contributed by atoms with E-state index in [-0.39, 0.29) is 5.56 Å². The number of benzene rings is 1. The number of para-hydroxylation sites is 1. The molecule has 138 valence electrons. The molecule has 0 unspecified atom stereocenters. The van der Waals surface area contributed by atoms with Crippen LogP contribution in [-0.4, -0.2) is 29.9 Å². The number of nitrogens with one attached hydrogen (secondary N) is 1. The molecule has 1 N–H and O–H groups in total. The first kappa shape index (κ1) is 19.9. The summed E-state index contributed by atoms with van der Waals surface area (Å²) in [5.41, 5.74) is 0.395. The van der Waals surface area contributed by atoms with Crippen LogP contribution in [0.3, 0.4) is 0 Å². The highest BCUT2D eigenvalue weighted by Gasteiger charge is 2.19. The van der Waals surface area contributed by atoms with Gasteiger partial charge in [0.15, 0.2) is 16.7 Å². The van der Waals surface area contributed by atoms with Gasteiger partial charge in [0, 0.05) is 5.56 Å². The first-order valence-corrected chi connectivity index (χ1v) is 9.77. The van der Waals surface area contributed by atoms with Gasteiger partial charge in [0.1, 0.15) is 17.3 Å². The van der Waals surface area contributed by atoms with Gasteiger partial charge in [-0.3, -0.25) is 4.79 Å². The quantitative estimate of drug-likeness (QED) is 0.406. The maximum Gasteiger partial charge on any atom is 0.270 e. The average Bonchev–Trinajstić information content (AvgIpc) is 2.67. The van der Waals surface area contributed by atoms with E-state index in [4.69, 9.17) is 9.47 Å². The molecule has 0 spiro atoms. The largest absolute Gasteiger partial charge is 0.493 e. The molecule has 0 saturated carbocycles. The Morgan fingerprint density at radius 1 is 1.31 bits per heavy atom. The third kappa shape index (κ3) is 4.58. The molecule has 0 radical (unpaired) electrons. The number of hydrogen-bond acceptors (Lipinski definition) is 6. The second-order valence-electron chi connectivity index (χ2n) is 5.66. The Bertz CT molecular complexity index is 843. The van der Waals surface area contributed by atoms with Gasteiger partial charge in [0.25, 0.3) is 5.56 Å². The van der Waals surface area contributed by atoms with Gasteiger partial charge < -0.3 is 14.5 Å². The number of nitrogens with zero attached hydrogens (tertiary/aromatic N) is 2. The number of ether oxygens (including phenoxy) is 2. The third-order valence-electron chi connectivity index (χ3n) is 3.90. The molecule has 2 aromatic rings. The van der Waals surface area contributed by atoms with Crippen LogP contribution in [0.4, 0.5) is 0 Å². The fraction of sp³-hybridized carbons (Fsp3) is 0.421. The van der Waals surface area contributed by atoms with Gasteiger partial charge in [0.2, 0.25) is 0 Å². The number of rotatable bonds is 9. The van der Waals surface area contributed by atoms with Crippen LogP contribution in [0, 0.1) is 11.3 Å². The summed E-state index contributed by atoms with van der Waals surface area (Å²) in [6, 6.07) is 7.32. The Kier molecular flexibility index (Phi) is 7.54. The minimum Gasteiger partial charge on any atom is -0.493 e. The van der Waals surface area contributed by atoms with E-state index in [1.165, 1.54) is 11.8 Å². The number of hydrogen-bond donors (Lipinski definition) is 1. The summed E-state index contributed by atoms with van der Waals surface area (Å²) in [5.74, 6) is 1.06. The minimum absolute atomic E-state index is 0.0353. The van der Waals surface area contributed by atoms with E-state index in [9.17, 15) is 10.1 Å². The molecule has 0 aliphatic heterocycles. The molecule has 0 aliphatic carbocycles. The van der Waals surface area contributed by atoms with E-state index >= 15 is 0 Å². The predicted octanol–water partition coefficient (Wildman–Crippen LogP) is 4.00. The van der Waals surface area contributed by atoms with E-state index < -0.39 is 5.56 Å². The van der Waals surface area contributed by atoms with Crippen molar-refractivity contribution in [3.8, 4) is 28.8 Å². The molecule has 0 amide bonds. The molecule has 2 rings (SSSR count). The number of methoxy groups -OCH3 is 1. The van der Waals surface area contributed by atoms with Crippen LogP contribution in [0.1, 0.15) is 38.2 Å². The highest BCUT2D eigenvalue weighted by Crippen LogP contribution is 2.38. The van der Waals surface area contributed by atoms with Crippen LogP contribution in [-0.2, 0) is 0 Å². The van der Waals surface area contributed by atoms with Gasteiger partial charge in [-0.2, -0.15) is 5.26 Å². The molecule has 0 saturated heterocycles. The molecule has 0 bridgehead atoms. The van der Waals surface area contributed by atoms with Crippen molar-refractivity contribution >= 4 is 11.8 Å². The van der Waals surface area contributed by atoms with Crippen molar-refractivity contribution < 1.29 is 9.47 Å². The highest BCUT2D eigenvalue weighted by molar-refractivity contribution is 7.98. The number of nitriles is 1. The normalized spacial score (nSPS) is 10.4. The fourth-order valence-electron chi connectivity index (χ4n) is 2.56. The Hall–Kier alpha value is -2.46.